The molecule has 2 heteroatoms. The Morgan fingerprint density at radius 1 is 0.352 bits per heavy atom. The Kier molecular flexibility index (Phi) is 3.03. The number of hydrogen-bond acceptors (Lipinski definition) is 2. The van der Waals surface area contributed by atoms with Crippen LogP contribution in [0, 0.1) is 0 Å². The number of ether oxygens (including phenoxy) is 1. The van der Waals surface area contributed by atoms with Crippen molar-refractivity contribution in [1.82, 2.24) is 0 Å². The van der Waals surface area contributed by atoms with E-state index in [0.29, 0.717) is 11.0 Å². The van der Waals surface area contributed by atoms with Gasteiger partial charge in [0.05, 0.1) is 46.6 Å². The molecule has 0 atom stereocenters. The lowest BCUT2D eigenvalue weighted by Crippen LogP contribution is -2.10. The van der Waals surface area contributed by atoms with E-state index in [-0.39, 0.29) is 0 Å². The average Bonchev–Trinajstić information content (AvgIpc) is 1.37. The van der Waals surface area contributed by atoms with Crippen molar-refractivity contribution in [1.29, 1.82) is 0 Å². The Morgan fingerprint density at radius 2 is 0.889 bits per heavy atom. The molecule has 0 amide bonds. The molecular formula is C52H35NO. The van der Waals surface area contributed by atoms with Gasteiger partial charge >= 0.3 is 0 Å². The van der Waals surface area contributed by atoms with E-state index in [9.17, 15) is 20.6 Å². The topological polar surface area (TPSA) is 12.5 Å². The van der Waals surface area contributed by atoms with Crippen molar-refractivity contribution in [3.05, 3.63) is 212 Å². The molecule has 0 fully saturated rings. The quantitative estimate of drug-likeness (QED) is 0.169. The van der Waals surface area contributed by atoms with Crippen molar-refractivity contribution in [2.45, 2.75) is 0 Å². The van der Waals surface area contributed by atoms with E-state index in [4.69, 9.17) is 30.8 Å². The highest BCUT2D eigenvalue weighted by molar-refractivity contribution is 6.02. The Morgan fingerprint density at radius 3 is 1.61 bits per heavy atom. The Balaban J connectivity index is 1.44. The van der Waals surface area contributed by atoms with Gasteiger partial charge in [-0.15, -0.1) is 0 Å². The molecule has 9 aromatic rings. The highest BCUT2D eigenvalue weighted by Gasteiger charge is 2.25. The van der Waals surface area contributed by atoms with Crippen LogP contribution in [0.3, 0.4) is 0 Å². The molecule has 9 aromatic carbocycles. The van der Waals surface area contributed by atoms with E-state index in [2.05, 4.69) is 0 Å². The molecule has 0 saturated carbocycles. The molecule has 0 unspecified atom stereocenters. The summed E-state index contributed by atoms with van der Waals surface area (Å²) in [5, 5.41) is -1.44. The minimum atomic E-state index is -1.32. The van der Waals surface area contributed by atoms with E-state index in [1.807, 2.05) is 0 Å². The first-order valence-corrected chi connectivity index (χ1v) is 15.7. The summed E-state index contributed by atoms with van der Waals surface area (Å²) >= 11 is 0. The van der Waals surface area contributed by atoms with E-state index in [0.717, 1.165) is 0 Å². The highest BCUT2D eigenvalue weighted by Crippen LogP contribution is 2.51. The normalized spacial score (nSPS) is 20.3. The van der Waals surface area contributed by atoms with Crippen molar-refractivity contribution >= 4 is 27.8 Å². The molecule has 0 bridgehead atoms. The van der Waals surface area contributed by atoms with Crippen LogP contribution >= 0.6 is 0 Å². The van der Waals surface area contributed by atoms with Gasteiger partial charge in [-0.25, -0.2) is 0 Å². The third-order valence-electron chi connectivity index (χ3n) is 7.96. The summed E-state index contributed by atoms with van der Waals surface area (Å²) in [6, 6.07) is -35.4. The molecule has 1 heterocycles. The van der Waals surface area contributed by atoms with E-state index >= 15 is 0 Å². The summed E-state index contributed by atoms with van der Waals surface area (Å²) in [6.45, 7) is 0. The van der Waals surface area contributed by atoms with Crippen LogP contribution in [0.5, 0.6) is 11.5 Å². The van der Waals surface area contributed by atoms with Gasteiger partial charge in [0.25, 0.3) is 0 Å². The number of hydrogen-bond donors (Lipinski definition) is 0. The molecule has 0 aliphatic carbocycles. The molecule has 0 saturated heterocycles. The Bertz CT molecular complexity index is 4650. The number of fused-ring (bicyclic) bond motifs is 7. The van der Waals surface area contributed by atoms with Crippen LogP contribution < -0.4 is 9.64 Å². The predicted molar refractivity (Wildman–Crippen MR) is 226 cm³/mol. The third-order valence-corrected chi connectivity index (χ3v) is 7.96. The number of anilines is 3. The van der Waals surface area contributed by atoms with Crippen LogP contribution in [0.15, 0.2) is 212 Å². The zero-order chi connectivity index (χ0) is 65.4. The zero-order valence-electron chi connectivity index (χ0n) is 60.9. The van der Waals surface area contributed by atoms with Crippen LogP contribution in [0.2, 0.25) is 0 Å². The second kappa shape index (κ2) is 13.4. The fraction of sp³-hybridized carbons (Fsp3) is 0. The molecule has 0 radical (unpaired) electrons. The summed E-state index contributed by atoms with van der Waals surface area (Å²) in [4.78, 5) is 0.332. The van der Waals surface area contributed by atoms with Gasteiger partial charge in [-0.05, 0) is 104 Å². The molecule has 1 aliphatic rings. The molecule has 2 nitrogen and oxygen atoms in total. The first-order valence-electron chi connectivity index (χ1n) is 32.7. The second-order valence-corrected chi connectivity index (χ2v) is 11.1. The first-order chi connectivity index (χ1) is 40.9. The van der Waals surface area contributed by atoms with Crippen molar-refractivity contribution in [2.24, 2.45) is 0 Å². The molecule has 0 N–H and O–H groups in total. The van der Waals surface area contributed by atoms with Crippen molar-refractivity contribution < 1.29 is 51.3 Å². The van der Waals surface area contributed by atoms with Gasteiger partial charge < -0.3 is 9.64 Å². The zero-order valence-corrected chi connectivity index (χ0v) is 26.9. The Hall–Kier alpha value is -7.16. The van der Waals surface area contributed by atoms with E-state index in [1.54, 1.807) is 0 Å². The van der Waals surface area contributed by atoms with Crippen molar-refractivity contribution in [2.75, 3.05) is 4.90 Å². The van der Waals surface area contributed by atoms with Crippen LogP contribution in [0.25, 0.3) is 66.4 Å². The third kappa shape index (κ3) is 5.71. The van der Waals surface area contributed by atoms with Crippen LogP contribution in [0.4, 0.5) is 17.1 Å². The van der Waals surface area contributed by atoms with Crippen LogP contribution in [-0.2, 0) is 0 Å². The molecule has 0 spiro atoms. The number of rotatable bonds is 6. The number of nitrogens with zero attached hydrogens (tertiary/aromatic N) is 1. The summed E-state index contributed by atoms with van der Waals surface area (Å²) in [5.41, 5.74) is -12.2. The van der Waals surface area contributed by atoms with Gasteiger partial charge in [0.2, 0.25) is 0 Å². The summed E-state index contributed by atoms with van der Waals surface area (Å²) in [6.07, 6.45) is 0. The van der Waals surface area contributed by atoms with E-state index in [1.165, 1.54) is 0 Å². The van der Waals surface area contributed by atoms with Crippen molar-refractivity contribution in [3.63, 3.8) is 0 Å². The lowest BCUT2D eigenvalue weighted by atomic mass is 9.90. The largest absolute Gasteiger partial charge is 0.455 e. The minimum Gasteiger partial charge on any atom is -0.455 e. The van der Waals surface area contributed by atoms with Gasteiger partial charge in [-0.1, -0.05) is 157 Å². The minimum absolute atomic E-state index is 0.332. The first kappa shape index (κ1) is 12.2. The maximum absolute atomic E-state index is 10.3. The van der Waals surface area contributed by atoms with Crippen LogP contribution in [-0.4, -0.2) is 0 Å². The summed E-state index contributed by atoms with van der Waals surface area (Å²) < 4.78 is 313. The van der Waals surface area contributed by atoms with Gasteiger partial charge in [-0.2, -0.15) is 0 Å². The fourth-order valence-corrected chi connectivity index (χ4v) is 5.53. The molecule has 1 aliphatic heterocycles. The van der Waals surface area contributed by atoms with Crippen molar-refractivity contribution in [3.8, 4) is 67.1 Å². The predicted octanol–water partition coefficient (Wildman–Crippen LogP) is 14.8. The second-order valence-electron chi connectivity index (χ2n) is 11.1. The van der Waals surface area contributed by atoms with Gasteiger partial charge in [0.15, 0.2) is 0 Å². The smallest absolute Gasteiger partial charge is 0.143 e. The molecule has 10 rings (SSSR count). The molecular weight excluding hydrogens is 655 g/mol. The molecule has 254 valence electrons. The monoisotopic (exact) mass is 723 g/mol. The fourth-order valence-electron chi connectivity index (χ4n) is 5.53. The number of benzene rings is 9. The van der Waals surface area contributed by atoms with Gasteiger partial charge in [0.1, 0.15) is 11.5 Å². The maximum Gasteiger partial charge on any atom is 0.143 e. The molecule has 0 aromatic heterocycles. The maximum atomic E-state index is 10.3. The van der Waals surface area contributed by atoms with Gasteiger partial charge in [0, 0.05) is 33.6 Å². The SMILES string of the molecule is [2H]c1cc(-c2c([2H])c([2H])c([2H])c([2H])c2[2H])c([2H])c([2H])c1N(c1c([2H])c([2H])c(-c2c([2H])c([2H])c([2H])c([2H])c2[2H])c([2H])c1[2H])c1c([2H])c([2H])c2c(c1[2H])-c1c([2H])c([2H])c(-c3c([2H])c([2H])c([2H])c([2H])c3[2H])c([2H])c1-c1c([2H])c([2H])c3c([2H])c([2H])c([2H])c([2H])c3c1O2. The summed E-state index contributed by atoms with van der Waals surface area (Å²) in [5.74, 6) is -1.98. The van der Waals surface area contributed by atoms with E-state index < -0.39 is 300 Å². The Labute approximate surface area is 363 Å². The lowest BCUT2D eigenvalue weighted by Gasteiger charge is -2.27. The van der Waals surface area contributed by atoms with Gasteiger partial charge in [-0.3, -0.25) is 0 Å². The lowest BCUT2D eigenvalue weighted by molar-refractivity contribution is 0.493. The van der Waals surface area contributed by atoms with Crippen LogP contribution in [0.1, 0.15) is 46.6 Å². The highest BCUT2D eigenvalue weighted by atomic mass is 16.5. The summed E-state index contributed by atoms with van der Waals surface area (Å²) in [7, 11) is 0. The standard InChI is InChI=1S/C52H35NO/c1-4-12-36(13-5-1)39-20-26-43(27-21-39)53(44-28-22-40(23-29-44)37-14-6-2-7-15-37)45-30-33-51-50(35-45)47-31-25-42(38-16-8-3-9-17-38)34-49(47)48-32-24-41-18-10-11-19-46(41)52(48)54-51/h1-35H/i1D,2D,3D,4D,5D,6D,7D,8D,9D,10D,11D,12D,13D,14D,15D,16D,17D,18D,19D,20D,21D,22D,24D,25D,26D,27D,28D,29D,30D,31D,32D,33D,34D,35D. The molecule has 54 heavy (non-hydrogen) atoms. The average molecular weight is 724 g/mol.